The standard InChI is InChI=1S/C23H27N3O4S2/c1-23(2,3)13-5-6-14-17(11-13)32-21(18(14)19(24)27)26-22(31)25-20(28)12-4-7-15-16(10-12)30-9-8-29-15/h4,7,10,13H,5-6,8-9,11H2,1-3H3,(H2,24,27)(H2,25,26,28,31)/t13-/m0/s1. The lowest BCUT2D eigenvalue weighted by Crippen LogP contribution is -2.34. The number of nitrogens with one attached hydrogen (secondary N) is 2. The summed E-state index contributed by atoms with van der Waals surface area (Å²) in [7, 11) is 0. The first-order valence-electron chi connectivity index (χ1n) is 10.6. The van der Waals surface area contributed by atoms with E-state index in [-0.39, 0.29) is 16.4 Å². The van der Waals surface area contributed by atoms with E-state index in [2.05, 4.69) is 31.4 Å². The lowest BCUT2D eigenvalue weighted by molar-refractivity contribution is 0.0974. The van der Waals surface area contributed by atoms with Crippen LogP contribution < -0.4 is 25.8 Å². The van der Waals surface area contributed by atoms with Gasteiger partial charge < -0.3 is 20.5 Å². The van der Waals surface area contributed by atoms with Gasteiger partial charge in [0.25, 0.3) is 11.8 Å². The Morgan fingerprint density at radius 3 is 2.59 bits per heavy atom. The minimum Gasteiger partial charge on any atom is -0.486 e. The highest BCUT2D eigenvalue weighted by atomic mass is 32.1. The molecular formula is C23H27N3O4S2. The van der Waals surface area contributed by atoms with Gasteiger partial charge in [-0.1, -0.05) is 20.8 Å². The number of benzene rings is 1. The number of carbonyl (C=O) groups excluding carboxylic acids is 2. The maximum atomic E-state index is 12.7. The molecule has 9 heteroatoms. The van der Waals surface area contributed by atoms with Crippen LogP contribution in [0.15, 0.2) is 18.2 Å². The molecule has 0 saturated heterocycles. The number of hydrogen-bond acceptors (Lipinski definition) is 6. The summed E-state index contributed by atoms with van der Waals surface area (Å²) in [4.78, 5) is 26.1. The molecule has 2 heterocycles. The van der Waals surface area contributed by atoms with Gasteiger partial charge in [-0.3, -0.25) is 14.9 Å². The van der Waals surface area contributed by atoms with Crippen LogP contribution >= 0.6 is 23.6 Å². The highest BCUT2D eigenvalue weighted by Crippen LogP contribution is 2.44. The number of thiocarbonyl (C=S) groups is 1. The number of rotatable bonds is 3. The Bertz CT molecular complexity index is 1090. The molecule has 1 aliphatic heterocycles. The molecule has 2 amide bonds. The van der Waals surface area contributed by atoms with Gasteiger partial charge in [0.05, 0.1) is 5.56 Å². The molecule has 0 bridgehead atoms. The maximum Gasteiger partial charge on any atom is 0.257 e. The van der Waals surface area contributed by atoms with E-state index in [0.29, 0.717) is 46.8 Å². The van der Waals surface area contributed by atoms with Crippen molar-refractivity contribution < 1.29 is 19.1 Å². The van der Waals surface area contributed by atoms with Crippen LogP contribution in [0.5, 0.6) is 11.5 Å². The lowest BCUT2D eigenvalue weighted by atomic mass is 9.72. The Morgan fingerprint density at radius 2 is 1.91 bits per heavy atom. The Kier molecular flexibility index (Phi) is 6.13. The summed E-state index contributed by atoms with van der Waals surface area (Å²) in [5.41, 5.74) is 7.78. The van der Waals surface area contributed by atoms with Crippen LogP contribution in [0.25, 0.3) is 0 Å². The third-order valence-electron chi connectivity index (χ3n) is 5.99. The number of ether oxygens (including phenoxy) is 2. The molecule has 1 atom stereocenters. The number of fused-ring (bicyclic) bond motifs is 2. The highest BCUT2D eigenvalue weighted by Gasteiger charge is 2.33. The molecule has 7 nitrogen and oxygen atoms in total. The molecule has 0 unspecified atom stereocenters. The number of anilines is 1. The molecule has 0 radical (unpaired) electrons. The largest absolute Gasteiger partial charge is 0.486 e. The smallest absolute Gasteiger partial charge is 0.257 e. The first kappa shape index (κ1) is 22.5. The van der Waals surface area contributed by atoms with Crippen LogP contribution in [0.4, 0.5) is 5.00 Å². The molecule has 0 spiro atoms. The fraction of sp³-hybridized carbons (Fsp3) is 0.435. The van der Waals surface area contributed by atoms with Crippen molar-refractivity contribution in [1.29, 1.82) is 0 Å². The van der Waals surface area contributed by atoms with Gasteiger partial charge in [0, 0.05) is 10.4 Å². The topological polar surface area (TPSA) is 103 Å². The van der Waals surface area contributed by atoms with Crippen LogP contribution in [0.2, 0.25) is 0 Å². The van der Waals surface area contributed by atoms with E-state index in [4.69, 9.17) is 27.4 Å². The third-order valence-corrected chi connectivity index (χ3v) is 7.37. The molecular weight excluding hydrogens is 446 g/mol. The van der Waals surface area contributed by atoms with Crippen LogP contribution in [0.1, 0.15) is 58.3 Å². The summed E-state index contributed by atoms with van der Waals surface area (Å²) in [6, 6.07) is 4.97. The van der Waals surface area contributed by atoms with Crippen LogP contribution in [-0.2, 0) is 12.8 Å². The van der Waals surface area contributed by atoms with Crippen molar-refractivity contribution in [3.05, 3.63) is 39.8 Å². The Hall–Kier alpha value is -2.65. The summed E-state index contributed by atoms with van der Waals surface area (Å²) in [6.45, 7) is 7.65. The first-order chi connectivity index (χ1) is 15.1. The summed E-state index contributed by atoms with van der Waals surface area (Å²) in [6.07, 6.45) is 2.73. The maximum absolute atomic E-state index is 12.7. The number of nitrogens with two attached hydrogens (primary N) is 1. The predicted molar refractivity (Wildman–Crippen MR) is 129 cm³/mol. The average molecular weight is 474 g/mol. The zero-order valence-electron chi connectivity index (χ0n) is 18.4. The summed E-state index contributed by atoms with van der Waals surface area (Å²) >= 11 is 6.85. The normalized spacial score (nSPS) is 17.3. The van der Waals surface area contributed by atoms with Crippen LogP contribution in [0, 0.1) is 11.3 Å². The number of amides is 2. The molecule has 1 aliphatic carbocycles. The molecule has 0 saturated carbocycles. The minimum absolute atomic E-state index is 0.110. The van der Waals surface area contributed by atoms with E-state index < -0.39 is 5.91 Å². The van der Waals surface area contributed by atoms with Crippen LogP contribution in [0.3, 0.4) is 0 Å². The van der Waals surface area contributed by atoms with E-state index in [9.17, 15) is 9.59 Å². The second-order valence-corrected chi connectivity index (χ2v) is 10.7. The molecule has 4 rings (SSSR count). The van der Waals surface area contributed by atoms with Crippen molar-refractivity contribution in [2.24, 2.45) is 17.1 Å². The molecule has 1 aromatic heterocycles. The van der Waals surface area contributed by atoms with E-state index >= 15 is 0 Å². The van der Waals surface area contributed by atoms with Gasteiger partial charge >= 0.3 is 0 Å². The fourth-order valence-corrected chi connectivity index (χ4v) is 5.76. The van der Waals surface area contributed by atoms with Gasteiger partial charge in [-0.2, -0.15) is 0 Å². The lowest BCUT2D eigenvalue weighted by Gasteiger charge is -2.33. The Balaban J connectivity index is 1.49. The quantitative estimate of drug-likeness (QED) is 0.585. The number of thiophene rings is 1. The Morgan fingerprint density at radius 1 is 1.19 bits per heavy atom. The van der Waals surface area contributed by atoms with Crippen molar-refractivity contribution in [2.75, 3.05) is 18.5 Å². The van der Waals surface area contributed by atoms with Gasteiger partial charge in [-0.05, 0) is 66.6 Å². The van der Waals surface area contributed by atoms with E-state index in [1.54, 1.807) is 18.2 Å². The van der Waals surface area contributed by atoms with Gasteiger partial charge in [0.2, 0.25) is 0 Å². The van der Waals surface area contributed by atoms with Gasteiger partial charge in [-0.15, -0.1) is 11.3 Å². The number of primary amides is 1. The first-order valence-corrected chi connectivity index (χ1v) is 11.8. The number of carbonyl (C=O) groups is 2. The van der Waals surface area contributed by atoms with Crippen molar-refractivity contribution >= 4 is 45.5 Å². The van der Waals surface area contributed by atoms with Crippen LogP contribution in [-0.4, -0.2) is 30.1 Å². The van der Waals surface area contributed by atoms with Crippen molar-refractivity contribution in [3.63, 3.8) is 0 Å². The SMILES string of the molecule is CC(C)(C)[C@H]1CCc2c(sc(NC(=S)NC(=O)c3ccc4c(c3)OCCO4)c2C(N)=O)C1. The molecule has 4 N–H and O–H groups in total. The van der Waals surface area contributed by atoms with Crippen molar-refractivity contribution in [2.45, 2.75) is 40.0 Å². The van der Waals surface area contributed by atoms with Gasteiger partial charge in [0.15, 0.2) is 16.6 Å². The predicted octanol–water partition coefficient (Wildman–Crippen LogP) is 3.90. The Labute approximate surface area is 196 Å². The molecule has 32 heavy (non-hydrogen) atoms. The second kappa shape index (κ2) is 8.71. The number of hydrogen-bond donors (Lipinski definition) is 3. The van der Waals surface area contributed by atoms with E-state index in [1.807, 2.05) is 0 Å². The second-order valence-electron chi connectivity index (χ2n) is 9.14. The third kappa shape index (κ3) is 4.59. The van der Waals surface area contributed by atoms with E-state index in [1.165, 1.54) is 11.3 Å². The van der Waals surface area contributed by atoms with Gasteiger partial charge in [-0.25, -0.2) is 0 Å². The van der Waals surface area contributed by atoms with E-state index in [0.717, 1.165) is 29.7 Å². The minimum atomic E-state index is -0.486. The van der Waals surface area contributed by atoms with Crippen molar-refractivity contribution in [3.8, 4) is 11.5 Å². The molecule has 2 aliphatic rings. The fourth-order valence-electron chi connectivity index (χ4n) is 4.17. The highest BCUT2D eigenvalue weighted by molar-refractivity contribution is 7.80. The molecule has 2 aromatic rings. The molecule has 170 valence electrons. The monoisotopic (exact) mass is 473 g/mol. The zero-order chi connectivity index (χ0) is 23.0. The average Bonchev–Trinajstić information content (AvgIpc) is 3.09. The summed E-state index contributed by atoms with van der Waals surface area (Å²) in [5, 5.41) is 6.39. The molecule has 0 fully saturated rings. The van der Waals surface area contributed by atoms with Gasteiger partial charge in [0.1, 0.15) is 18.2 Å². The molecule has 1 aromatic carbocycles. The summed E-state index contributed by atoms with van der Waals surface area (Å²) in [5.74, 6) is 0.800. The van der Waals surface area contributed by atoms with Crippen molar-refractivity contribution in [1.82, 2.24) is 5.32 Å². The zero-order valence-corrected chi connectivity index (χ0v) is 20.0. The summed E-state index contributed by atoms with van der Waals surface area (Å²) < 4.78 is 11.0.